The summed E-state index contributed by atoms with van der Waals surface area (Å²) in [6.07, 6.45) is 9.07. The van der Waals surface area contributed by atoms with Gasteiger partial charge in [0, 0.05) is 18.5 Å². The molecule has 1 rings (SSSR count). The number of hydrogen-bond acceptors (Lipinski definition) is 2. The van der Waals surface area contributed by atoms with Gasteiger partial charge in [-0.25, -0.2) is 0 Å². The van der Waals surface area contributed by atoms with E-state index in [-0.39, 0.29) is 0 Å². The second kappa shape index (κ2) is 7.44. The van der Waals surface area contributed by atoms with Crippen molar-refractivity contribution in [3.05, 3.63) is 12.3 Å². The second-order valence-corrected chi connectivity index (χ2v) is 13.8. The van der Waals surface area contributed by atoms with Crippen molar-refractivity contribution in [3.8, 4) is 0 Å². The maximum Gasteiger partial charge on any atom is 0.191 e. The minimum Gasteiger partial charge on any atom is -0.417 e. The van der Waals surface area contributed by atoms with Crippen molar-refractivity contribution in [1.82, 2.24) is 0 Å². The van der Waals surface area contributed by atoms with Gasteiger partial charge in [0.15, 0.2) is 8.32 Å². The van der Waals surface area contributed by atoms with Gasteiger partial charge in [-0.15, -0.1) is 0 Å². The zero-order valence-corrected chi connectivity index (χ0v) is 17.1. The van der Waals surface area contributed by atoms with Gasteiger partial charge < -0.3 is 4.43 Å². The standard InChI is InChI=1S/C19H37NOSi/c1-16(2)17-15-19(6,12-13-20-17)11-9-10-14-21-22(7,8)18(3,4)5/h12-13,16H,9-11,14-15H2,1-8H3. The minimum atomic E-state index is -1.57. The smallest absolute Gasteiger partial charge is 0.191 e. The largest absolute Gasteiger partial charge is 0.417 e. The van der Waals surface area contributed by atoms with Crippen LogP contribution in [0.4, 0.5) is 0 Å². The molecule has 0 N–H and O–H groups in total. The molecule has 1 unspecified atom stereocenters. The van der Waals surface area contributed by atoms with E-state index in [0.29, 0.717) is 16.4 Å². The zero-order chi connectivity index (χ0) is 17.0. The second-order valence-electron chi connectivity index (χ2n) is 8.99. The van der Waals surface area contributed by atoms with Crippen molar-refractivity contribution in [1.29, 1.82) is 0 Å². The average Bonchev–Trinajstić information content (AvgIpc) is 2.36. The van der Waals surface area contributed by atoms with E-state index >= 15 is 0 Å². The molecule has 0 aromatic carbocycles. The number of nitrogens with zero attached hydrogens (tertiary/aromatic N) is 1. The van der Waals surface area contributed by atoms with Crippen molar-refractivity contribution >= 4 is 14.0 Å². The number of aliphatic imine (C=N–C) groups is 1. The molecule has 0 saturated heterocycles. The summed E-state index contributed by atoms with van der Waals surface area (Å²) in [5, 5.41) is 0.313. The van der Waals surface area contributed by atoms with Crippen LogP contribution in [0, 0.1) is 11.3 Å². The molecule has 0 amide bonds. The fourth-order valence-electron chi connectivity index (χ4n) is 2.53. The molecule has 0 radical (unpaired) electrons. The average molecular weight is 324 g/mol. The van der Waals surface area contributed by atoms with Gasteiger partial charge in [0.05, 0.1) is 0 Å². The summed E-state index contributed by atoms with van der Waals surface area (Å²) < 4.78 is 6.27. The van der Waals surface area contributed by atoms with Crippen LogP contribution in [0.3, 0.4) is 0 Å². The molecule has 0 bridgehead atoms. The maximum absolute atomic E-state index is 6.27. The summed E-state index contributed by atoms with van der Waals surface area (Å²) in [5.74, 6) is 0.561. The van der Waals surface area contributed by atoms with Crippen molar-refractivity contribution in [2.75, 3.05) is 6.61 Å². The molecular formula is C19H37NOSi. The van der Waals surface area contributed by atoms with Gasteiger partial charge in [-0.05, 0) is 48.7 Å². The first-order chi connectivity index (χ1) is 9.97. The third-order valence-corrected chi connectivity index (χ3v) is 9.92. The van der Waals surface area contributed by atoms with Crippen LogP contribution in [0.2, 0.25) is 18.1 Å². The van der Waals surface area contributed by atoms with E-state index in [4.69, 9.17) is 4.43 Å². The van der Waals surface area contributed by atoms with Crippen LogP contribution >= 0.6 is 0 Å². The molecule has 0 saturated carbocycles. The molecule has 0 spiro atoms. The summed E-state index contributed by atoms with van der Waals surface area (Å²) >= 11 is 0. The van der Waals surface area contributed by atoms with Gasteiger partial charge >= 0.3 is 0 Å². The highest BCUT2D eigenvalue weighted by Crippen LogP contribution is 2.37. The number of unbranched alkanes of at least 4 members (excludes halogenated alkanes) is 1. The van der Waals surface area contributed by atoms with Gasteiger partial charge in [0.25, 0.3) is 0 Å². The van der Waals surface area contributed by atoms with Crippen LogP contribution in [-0.4, -0.2) is 20.6 Å². The predicted molar refractivity (Wildman–Crippen MR) is 101 cm³/mol. The first-order valence-corrected chi connectivity index (χ1v) is 11.8. The summed E-state index contributed by atoms with van der Waals surface area (Å²) in [6, 6.07) is 0. The van der Waals surface area contributed by atoms with Crippen LogP contribution in [0.1, 0.15) is 67.2 Å². The molecule has 22 heavy (non-hydrogen) atoms. The zero-order valence-electron chi connectivity index (χ0n) is 16.1. The van der Waals surface area contributed by atoms with Gasteiger partial charge in [-0.1, -0.05) is 54.0 Å². The summed E-state index contributed by atoms with van der Waals surface area (Å²) in [6.45, 7) is 19.4. The van der Waals surface area contributed by atoms with E-state index in [9.17, 15) is 0 Å². The highest BCUT2D eigenvalue weighted by molar-refractivity contribution is 6.74. The molecule has 0 aromatic heterocycles. The molecule has 0 fully saturated rings. The lowest BCUT2D eigenvalue weighted by molar-refractivity contribution is 0.267. The summed E-state index contributed by atoms with van der Waals surface area (Å²) in [5.41, 5.74) is 1.64. The molecule has 1 heterocycles. The summed E-state index contributed by atoms with van der Waals surface area (Å²) in [4.78, 5) is 4.55. The van der Waals surface area contributed by atoms with Gasteiger partial charge in [0.2, 0.25) is 0 Å². The fourth-order valence-corrected chi connectivity index (χ4v) is 3.62. The van der Waals surface area contributed by atoms with Crippen LogP contribution in [0.5, 0.6) is 0 Å². The van der Waals surface area contributed by atoms with Crippen LogP contribution in [0.15, 0.2) is 17.3 Å². The van der Waals surface area contributed by atoms with E-state index in [0.717, 1.165) is 13.0 Å². The quantitative estimate of drug-likeness (QED) is 0.404. The van der Waals surface area contributed by atoms with E-state index < -0.39 is 8.32 Å². The minimum absolute atomic E-state index is 0.290. The van der Waals surface area contributed by atoms with Crippen molar-refractivity contribution in [3.63, 3.8) is 0 Å². The van der Waals surface area contributed by atoms with Crippen molar-refractivity contribution in [2.24, 2.45) is 16.3 Å². The maximum atomic E-state index is 6.27. The highest BCUT2D eigenvalue weighted by Gasteiger charge is 2.36. The molecule has 1 atom stereocenters. The van der Waals surface area contributed by atoms with Crippen LogP contribution in [0.25, 0.3) is 0 Å². The van der Waals surface area contributed by atoms with E-state index in [2.05, 4.69) is 65.7 Å². The Kier molecular flexibility index (Phi) is 6.64. The Balaban J connectivity index is 2.34. The number of hydrogen-bond donors (Lipinski definition) is 0. The molecule has 0 aliphatic carbocycles. The topological polar surface area (TPSA) is 21.6 Å². The lowest BCUT2D eigenvalue weighted by Crippen LogP contribution is -2.41. The normalized spacial score (nSPS) is 23.0. The monoisotopic (exact) mass is 323 g/mol. The lowest BCUT2D eigenvalue weighted by atomic mass is 9.77. The molecule has 2 nitrogen and oxygen atoms in total. The molecule has 3 heteroatoms. The lowest BCUT2D eigenvalue weighted by Gasteiger charge is -2.36. The molecule has 1 aliphatic rings. The SMILES string of the molecule is CC(C)C1=NC=CC(C)(CCCCO[Si](C)(C)C(C)(C)C)C1. The Labute approximate surface area is 139 Å². The first kappa shape index (κ1) is 19.6. The molecular weight excluding hydrogens is 286 g/mol. The third-order valence-electron chi connectivity index (χ3n) is 5.38. The van der Waals surface area contributed by atoms with Crippen molar-refractivity contribution in [2.45, 2.75) is 85.4 Å². The van der Waals surface area contributed by atoms with Crippen LogP contribution < -0.4 is 0 Å². The van der Waals surface area contributed by atoms with Crippen LogP contribution in [-0.2, 0) is 4.43 Å². The molecule has 128 valence electrons. The Bertz CT molecular complexity index is 418. The Morgan fingerprint density at radius 2 is 1.91 bits per heavy atom. The van der Waals surface area contributed by atoms with Gasteiger partial charge in [-0.2, -0.15) is 0 Å². The van der Waals surface area contributed by atoms with E-state index in [1.54, 1.807) is 0 Å². The highest BCUT2D eigenvalue weighted by atomic mass is 28.4. The Hall–Kier alpha value is -0.413. The number of rotatable bonds is 7. The Morgan fingerprint density at radius 3 is 2.45 bits per heavy atom. The predicted octanol–water partition coefficient (Wildman–Crippen LogP) is 6.20. The van der Waals surface area contributed by atoms with Gasteiger partial charge in [-0.3, -0.25) is 4.99 Å². The van der Waals surface area contributed by atoms with Gasteiger partial charge in [0.1, 0.15) is 0 Å². The summed E-state index contributed by atoms with van der Waals surface area (Å²) in [7, 11) is -1.57. The van der Waals surface area contributed by atoms with E-state index in [1.165, 1.54) is 25.0 Å². The third kappa shape index (κ3) is 5.66. The molecule has 1 aliphatic heterocycles. The number of allylic oxidation sites excluding steroid dienone is 1. The Morgan fingerprint density at radius 1 is 1.27 bits per heavy atom. The first-order valence-electron chi connectivity index (χ1n) is 8.85. The van der Waals surface area contributed by atoms with Crippen molar-refractivity contribution < 1.29 is 4.43 Å². The fraction of sp³-hybridized carbons (Fsp3) is 0.842. The molecule has 0 aromatic rings. The van der Waals surface area contributed by atoms with E-state index in [1.807, 2.05) is 6.20 Å².